The van der Waals surface area contributed by atoms with Gasteiger partial charge in [-0.05, 0) is 65.4 Å². The van der Waals surface area contributed by atoms with Crippen molar-refractivity contribution in [2.24, 2.45) is 11.1 Å². The Morgan fingerprint density at radius 2 is 1.86 bits per heavy atom. The molecule has 1 aromatic rings. The fourth-order valence-electron chi connectivity index (χ4n) is 5.20. The number of hydrogen-bond acceptors (Lipinski definition) is 8. The number of ether oxygens (including phenoxy) is 2. The van der Waals surface area contributed by atoms with Gasteiger partial charge in [0, 0.05) is 39.0 Å². The smallest absolute Gasteiger partial charge is 0.410 e. The van der Waals surface area contributed by atoms with Gasteiger partial charge >= 0.3 is 6.09 Å². The second-order valence-electron chi connectivity index (χ2n) is 11.0. The number of nitrogens with one attached hydrogen (secondary N) is 1. The van der Waals surface area contributed by atoms with Crippen LogP contribution < -0.4 is 25.6 Å². The predicted octanol–water partition coefficient (Wildman–Crippen LogP) is 2.86. The highest BCUT2D eigenvalue weighted by atomic mass is 16.6. The van der Waals surface area contributed by atoms with Crippen LogP contribution in [0.15, 0.2) is 31.0 Å². The second-order valence-corrected chi connectivity index (χ2v) is 11.0. The van der Waals surface area contributed by atoms with Gasteiger partial charge < -0.3 is 29.9 Å². The quantitative estimate of drug-likeness (QED) is 0.556. The summed E-state index contributed by atoms with van der Waals surface area (Å²) in [5.74, 6) is 0.190. The number of nitrogens with zero attached hydrogens (tertiary/aromatic N) is 3. The highest BCUT2D eigenvalue weighted by Crippen LogP contribution is 2.51. The molecule has 0 radical (unpaired) electrons. The van der Waals surface area contributed by atoms with Gasteiger partial charge in [0.1, 0.15) is 29.2 Å². The van der Waals surface area contributed by atoms with Crippen LogP contribution >= 0.6 is 0 Å². The summed E-state index contributed by atoms with van der Waals surface area (Å²) < 4.78 is 11.9. The fourth-order valence-corrected chi connectivity index (χ4v) is 5.20. The van der Waals surface area contributed by atoms with Crippen LogP contribution in [0.25, 0.3) is 0 Å². The van der Waals surface area contributed by atoms with Crippen molar-refractivity contribution in [3.63, 3.8) is 0 Å². The van der Waals surface area contributed by atoms with Crippen molar-refractivity contribution >= 4 is 29.3 Å². The van der Waals surface area contributed by atoms with Gasteiger partial charge in [-0.2, -0.15) is 0 Å². The molecule has 1 aliphatic carbocycles. The van der Waals surface area contributed by atoms with Gasteiger partial charge in [0.2, 0.25) is 11.8 Å². The molecule has 1 aromatic carbocycles. The molecule has 2 heterocycles. The van der Waals surface area contributed by atoms with Crippen molar-refractivity contribution in [2.45, 2.75) is 64.2 Å². The lowest BCUT2D eigenvalue weighted by Crippen LogP contribution is -2.66. The molecule has 3 amide bonds. The molecule has 3 aliphatic rings. The van der Waals surface area contributed by atoms with E-state index in [0.717, 1.165) is 24.2 Å². The summed E-state index contributed by atoms with van der Waals surface area (Å²) in [7, 11) is 5.25. The van der Waals surface area contributed by atoms with E-state index in [4.69, 9.17) is 9.47 Å². The molecule has 0 bridgehead atoms. The third kappa shape index (κ3) is 6.18. The molecule has 1 unspecified atom stereocenters. The van der Waals surface area contributed by atoms with Gasteiger partial charge in [0.15, 0.2) is 0 Å². The number of anilines is 2. The van der Waals surface area contributed by atoms with Crippen LogP contribution in [0.4, 0.5) is 16.2 Å². The van der Waals surface area contributed by atoms with Crippen LogP contribution in [0.2, 0.25) is 0 Å². The Morgan fingerprint density at radius 1 is 1.22 bits per heavy atom. The van der Waals surface area contributed by atoms with Crippen LogP contribution in [0.3, 0.4) is 0 Å². The molecule has 0 aromatic heterocycles. The van der Waals surface area contributed by atoms with E-state index in [1.54, 1.807) is 11.1 Å². The number of rotatable bonds is 6. The average molecular weight is 516 g/mol. The summed E-state index contributed by atoms with van der Waals surface area (Å²) in [6, 6.07) is 5.34. The van der Waals surface area contributed by atoms with E-state index < -0.39 is 11.6 Å². The topological polar surface area (TPSA) is 117 Å². The van der Waals surface area contributed by atoms with Gasteiger partial charge in [-0.25, -0.2) is 4.79 Å². The van der Waals surface area contributed by atoms with Crippen LogP contribution in [-0.4, -0.2) is 74.8 Å². The Morgan fingerprint density at radius 3 is 2.43 bits per heavy atom. The van der Waals surface area contributed by atoms with Gasteiger partial charge in [0.05, 0.1) is 5.69 Å². The molecule has 4 rings (SSSR count). The molecular formula is C27H41N5O5. The highest BCUT2D eigenvalue weighted by Gasteiger charge is 2.55. The number of piperidine rings is 1. The lowest BCUT2D eigenvalue weighted by molar-refractivity contribution is -0.134. The molecule has 10 nitrogen and oxygen atoms in total. The van der Waals surface area contributed by atoms with E-state index in [9.17, 15) is 14.4 Å². The lowest BCUT2D eigenvalue weighted by Gasteiger charge is -2.58. The number of benzene rings is 1. The monoisotopic (exact) mass is 515 g/mol. The van der Waals surface area contributed by atoms with E-state index in [-0.39, 0.29) is 29.4 Å². The first-order chi connectivity index (χ1) is 17.4. The van der Waals surface area contributed by atoms with Gasteiger partial charge in [-0.15, -0.1) is 0 Å². The van der Waals surface area contributed by atoms with E-state index in [1.165, 1.54) is 7.05 Å². The minimum atomic E-state index is -0.495. The molecular weight excluding hydrogens is 474 g/mol. The zero-order chi connectivity index (χ0) is 27.5. The zero-order valence-electron chi connectivity index (χ0n) is 22.9. The maximum absolute atomic E-state index is 12.5. The predicted molar refractivity (Wildman–Crippen MR) is 144 cm³/mol. The first-order valence-corrected chi connectivity index (χ1v) is 12.7. The highest BCUT2D eigenvalue weighted by molar-refractivity contribution is 6.02. The van der Waals surface area contributed by atoms with Crippen LogP contribution in [0, 0.1) is 5.41 Å². The summed E-state index contributed by atoms with van der Waals surface area (Å²) in [4.78, 5) is 41.9. The average Bonchev–Trinajstić information content (AvgIpc) is 2.78. The molecule has 37 heavy (non-hydrogen) atoms. The Kier molecular flexibility index (Phi) is 8.42. The largest absolute Gasteiger partial charge is 0.488 e. The molecule has 1 spiro atoms. The molecule has 2 aliphatic heterocycles. The Hall–Kier alpha value is -3.27. The molecule has 3 N–H and O–H groups in total. The van der Waals surface area contributed by atoms with Gasteiger partial charge in [-0.1, -0.05) is 12.6 Å². The SMILES string of the molecule is C=CN(C)c1c(OC2CC3(C2)CN(C(=O)OC(C)(C)C)C3)cccc1N(C)C1CCC(=O)NC1=O.CN. The first-order valence-electron chi connectivity index (χ1n) is 12.7. The number of imide groups is 1. The lowest BCUT2D eigenvalue weighted by atomic mass is 9.62. The maximum Gasteiger partial charge on any atom is 0.410 e. The summed E-state index contributed by atoms with van der Waals surface area (Å²) >= 11 is 0. The zero-order valence-corrected chi connectivity index (χ0v) is 22.9. The van der Waals surface area contributed by atoms with Crippen molar-refractivity contribution in [1.29, 1.82) is 0 Å². The van der Waals surface area contributed by atoms with Crippen molar-refractivity contribution in [3.05, 3.63) is 31.0 Å². The molecule has 3 fully saturated rings. The van der Waals surface area contributed by atoms with E-state index >= 15 is 0 Å². The normalized spacial score (nSPS) is 20.5. The fraction of sp³-hybridized carbons (Fsp3) is 0.593. The van der Waals surface area contributed by atoms with Crippen LogP contribution in [0.5, 0.6) is 5.75 Å². The van der Waals surface area contributed by atoms with Gasteiger partial charge in [0.25, 0.3) is 0 Å². The third-order valence-corrected chi connectivity index (χ3v) is 6.98. The second kappa shape index (κ2) is 11.0. The maximum atomic E-state index is 12.5. The molecule has 204 valence electrons. The first kappa shape index (κ1) is 28.3. The molecule has 10 heteroatoms. The standard InChI is InChI=1S/C26H36N4O5.CH5N/c1-7-28(5)22-18(29(6)19-11-12-21(31)27-23(19)32)9-8-10-20(22)34-17-13-26(14-17)15-30(16-26)24(33)35-25(2,3)4;1-2/h7-10,17,19H,1,11-16H2,2-6H3,(H,27,31,32);2H2,1H3. The minimum Gasteiger partial charge on any atom is -0.488 e. The Balaban J connectivity index is 0.00000186. The van der Waals surface area contributed by atoms with Crippen molar-refractivity contribution in [3.8, 4) is 5.75 Å². The number of hydrogen-bond donors (Lipinski definition) is 2. The summed E-state index contributed by atoms with van der Waals surface area (Å²) in [6.45, 7) is 10.9. The van der Waals surface area contributed by atoms with Gasteiger partial charge in [-0.3, -0.25) is 14.9 Å². The third-order valence-electron chi connectivity index (χ3n) is 6.98. The number of likely N-dealkylation sites (N-methyl/N-ethyl adjacent to an activating group) is 1. The number of carbonyl (C=O) groups excluding carboxylic acids is 3. The number of nitrogens with two attached hydrogens (primary N) is 1. The van der Waals surface area contributed by atoms with Crippen LogP contribution in [0.1, 0.15) is 46.5 Å². The van der Waals surface area contributed by atoms with E-state index in [1.807, 2.05) is 62.9 Å². The Labute approximate surface area is 219 Å². The number of amides is 3. The molecule has 1 atom stereocenters. The Bertz CT molecular complexity index is 1020. The minimum absolute atomic E-state index is 0.0453. The summed E-state index contributed by atoms with van der Waals surface area (Å²) in [6.07, 6.45) is 4.01. The number of likely N-dealkylation sites (tertiary alicyclic amines) is 1. The van der Waals surface area contributed by atoms with Crippen molar-refractivity contribution < 1.29 is 23.9 Å². The van der Waals surface area contributed by atoms with Crippen molar-refractivity contribution in [2.75, 3.05) is 44.0 Å². The molecule has 1 saturated carbocycles. The number of carbonyl (C=O) groups is 3. The van der Waals surface area contributed by atoms with Crippen LogP contribution in [-0.2, 0) is 14.3 Å². The summed E-state index contributed by atoms with van der Waals surface area (Å²) in [5.41, 5.74) is 5.76. The number of para-hydroxylation sites is 1. The molecule has 2 saturated heterocycles. The van der Waals surface area contributed by atoms with Crippen molar-refractivity contribution in [1.82, 2.24) is 10.2 Å². The van der Waals surface area contributed by atoms with E-state index in [0.29, 0.717) is 31.7 Å². The van der Waals surface area contributed by atoms with E-state index in [2.05, 4.69) is 17.6 Å². The summed E-state index contributed by atoms with van der Waals surface area (Å²) in [5, 5.41) is 2.43.